The molecule has 0 aromatic heterocycles. The van der Waals surface area contributed by atoms with Crippen LogP contribution in [0.4, 0.5) is 5.69 Å². The number of nitrogens with zero attached hydrogens (tertiary/aromatic N) is 1. The Labute approximate surface area is 142 Å². The standard InChI is InChI=1S/C20H22N2O2/c1-22(2)18(23)15-8-6-11-17(14-15)21-19(24)20(12-7-13-20)16-9-4-3-5-10-16/h3-6,8-11,14H,7,12-13H2,1-2H3,(H,21,24). The van der Waals surface area contributed by atoms with Gasteiger partial charge in [-0.15, -0.1) is 0 Å². The van der Waals surface area contributed by atoms with Gasteiger partial charge < -0.3 is 10.2 Å². The molecule has 4 nitrogen and oxygen atoms in total. The molecule has 0 aliphatic heterocycles. The Kier molecular flexibility index (Phi) is 4.38. The van der Waals surface area contributed by atoms with E-state index in [0.717, 1.165) is 24.8 Å². The number of anilines is 1. The van der Waals surface area contributed by atoms with Crippen molar-refractivity contribution < 1.29 is 9.59 Å². The highest BCUT2D eigenvalue weighted by atomic mass is 16.2. The van der Waals surface area contributed by atoms with Crippen LogP contribution in [0.15, 0.2) is 54.6 Å². The molecule has 0 heterocycles. The van der Waals surface area contributed by atoms with E-state index in [0.29, 0.717) is 11.3 Å². The fraction of sp³-hybridized carbons (Fsp3) is 0.300. The largest absolute Gasteiger partial charge is 0.345 e. The van der Waals surface area contributed by atoms with Gasteiger partial charge in [0.15, 0.2) is 0 Å². The molecule has 0 atom stereocenters. The summed E-state index contributed by atoms with van der Waals surface area (Å²) in [5.74, 6) is -0.0677. The zero-order valence-corrected chi connectivity index (χ0v) is 14.1. The summed E-state index contributed by atoms with van der Waals surface area (Å²) in [5, 5.41) is 3.01. The van der Waals surface area contributed by atoms with E-state index in [-0.39, 0.29) is 11.8 Å². The van der Waals surface area contributed by atoms with E-state index < -0.39 is 5.41 Å². The van der Waals surface area contributed by atoms with Crippen molar-refractivity contribution in [3.05, 3.63) is 65.7 Å². The Hall–Kier alpha value is -2.62. The van der Waals surface area contributed by atoms with Crippen LogP contribution in [0.5, 0.6) is 0 Å². The molecular weight excluding hydrogens is 300 g/mol. The molecule has 1 aliphatic carbocycles. The van der Waals surface area contributed by atoms with Gasteiger partial charge in [0.25, 0.3) is 5.91 Å². The minimum absolute atomic E-state index is 0.00871. The third-order valence-electron chi connectivity index (χ3n) is 4.74. The second kappa shape index (κ2) is 6.48. The van der Waals surface area contributed by atoms with Crippen LogP contribution in [0.2, 0.25) is 0 Å². The number of carbonyl (C=O) groups excluding carboxylic acids is 2. The third kappa shape index (κ3) is 2.92. The van der Waals surface area contributed by atoms with Crippen LogP contribution in [-0.4, -0.2) is 30.8 Å². The number of nitrogens with one attached hydrogen (secondary N) is 1. The first kappa shape index (κ1) is 16.2. The molecule has 1 aliphatic rings. The van der Waals surface area contributed by atoms with Gasteiger partial charge in [-0.1, -0.05) is 42.8 Å². The van der Waals surface area contributed by atoms with E-state index in [9.17, 15) is 9.59 Å². The summed E-state index contributed by atoms with van der Waals surface area (Å²) in [6, 6.07) is 17.0. The molecule has 1 N–H and O–H groups in total. The average molecular weight is 322 g/mol. The van der Waals surface area contributed by atoms with Crippen molar-refractivity contribution in [1.29, 1.82) is 0 Å². The molecule has 24 heavy (non-hydrogen) atoms. The first-order valence-corrected chi connectivity index (χ1v) is 8.22. The highest BCUT2D eigenvalue weighted by Crippen LogP contribution is 2.44. The van der Waals surface area contributed by atoms with Gasteiger partial charge >= 0.3 is 0 Å². The van der Waals surface area contributed by atoms with Crippen molar-refractivity contribution in [1.82, 2.24) is 4.90 Å². The lowest BCUT2D eigenvalue weighted by Gasteiger charge is -2.40. The minimum Gasteiger partial charge on any atom is -0.345 e. The molecule has 2 aromatic carbocycles. The van der Waals surface area contributed by atoms with Crippen molar-refractivity contribution >= 4 is 17.5 Å². The van der Waals surface area contributed by atoms with E-state index in [2.05, 4.69) is 5.32 Å². The minimum atomic E-state index is -0.442. The van der Waals surface area contributed by atoms with Gasteiger partial charge in [-0.2, -0.15) is 0 Å². The summed E-state index contributed by atoms with van der Waals surface area (Å²) in [4.78, 5) is 26.5. The van der Waals surface area contributed by atoms with E-state index in [1.165, 1.54) is 4.90 Å². The second-order valence-electron chi connectivity index (χ2n) is 6.54. The maximum Gasteiger partial charge on any atom is 0.253 e. The Morgan fingerprint density at radius 3 is 2.29 bits per heavy atom. The van der Waals surface area contributed by atoms with Crippen LogP contribution >= 0.6 is 0 Å². The molecule has 1 saturated carbocycles. The van der Waals surface area contributed by atoms with Gasteiger partial charge in [0.2, 0.25) is 5.91 Å². The summed E-state index contributed by atoms with van der Waals surface area (Å²) < 4.78 is 0. The van der Waals surface area contributed by atoms with Crippen molar-refractivity contribution in [3.8, 4) is 0 Å². The molecule has 1 fully saturated rings. The monoisotopic (exact) mass is 322 g/mol. The van der Waals surface area contributed by atoms with Crippen molar-refractivity contribution in [2.75, 3.05) is 19.4 Å². The van der Waals surface area contributed by atoms with Gasteiger partial charge in [-0.3, -0.25) is 9.59 Å². The van der Waals surface area contributed by atoms with Gasteiger partial charge in [-0.25, -0.2) is 0 Å². The van der Waals surface area contributed by atoms with E-state index in [4.69, 9.17) is 0 Å². The predicted octanol–water partition coefficient (Wildman–Crippen LogP) is 3.45. The zero-order valence-electron chi connectivity index (χ0n) is 14.1. The number of carbonyl (C=O) groups is 2. The van der Waals surface area contributed by atoms with Crippen LogP contribution in [0.1, 0.15) is 35.2 Å². The second-order valence-corrected chi connectivity index (χ2v) is 6.54. The highest BCUT2D eigenvalue weighted by Gasteiger charge is 2.45. The molecule has 0 bridgehead atoms. The Morgan fingerprint density at radius 2 is 1.71 bits per heavy atom. The van der Waals surface area contributed by atoms with Gasteiger partial charge in [0, 0.05) is 25.3 Å². The maximum atomic E-state index is 12.9. The smallest absolute Gasteiger partial charge is 0.253 e. The van der Waals surface area contributed by atoms with Crippen LogP contribution in [0.3, 0.4) is 0 Å². The van der Waals surface area contributed by atoms with Crippen LogP contribution in [-0.2, 0) is 10.2 Å². The third-order valence-corrected chi connectivity index (χ3v) is 4.74. The summed E-state index contributed by atoms with van der Waals surface area (Å²) in [6.07, 6.45) is 2.78. The van der Waals surface area contributed by atoms with Gasteiger partial charge in [-0.05, 0) is 36.6 Å². The lowest BCUT2D eigenvalue weighted by molar-refractivity contribution is -0.124. The molecular formula is C20H22N2O2. The van der Waals surface area contributed by atoms with Crippen molar-refractivity contribution in [3.63, 3.8) is 0 Å². The lowest BCUT2D eigenvalue weighted by atomic mass is 9.64. The summed E-state index contributed by atoms with van der Waals surface area (Å²) in [7, 11) is 3.43. The maximum absolute atomic E-state index is 12.9. The lowest BCUT2D eigenvalue weighted by Crippen LogP contribution is -2.46. The van der Waals surface area contributed by atoms with E-state index in [1.807, 2.05) is 36.4 Å². The predicted molar refractivity (Wildman–Crippen MR) is 95.1 cm³/mol. The SMILES string of the molecule is CN(C)C(=O)c1cccc(NC(=O)C2(c3ccccc3)CCC2)c1. The molecule has 0 radical (unpaired) electrons. The quantitative estimate of drug-likeness (QED) is 0.937. The first-order valence-electron chi connectivity index (χ1n) is 8.22. The molecule has 0 saturated heterocycles. The zero-order chi connectivity index (χ0) is 17.2. The van der Waals surface area contributed by atoms with Crippen LogP contribution in [0.25, 0.3) is 0 Å². The number of amides is 2. The fourth-order valence-corrected chi connectivity index (χ4v) is 3.17. The van der Waals surface area contributed by atoms with Crippen LogP contribution < -0.4 is 5.32 Å². The highest BCUT2D eigenvalue weighted by molar-refractivity contribution is 6.01. The Morgan fingerprint density at radius 1 is 1.00 bits per heavy atom. The topological polar surface area (TPSA) is 49.4 Å². The molecule has 0 unspecified atom stereocenters. The van der Waals surface area contributed by atoms with Crippen molar-refractivity contribution in [2.24, 2.45) is 0 Å². The molecule has 0 spiro atoms. The number of hydrogen-bond donors (Lipinski definition) is 1. The van der Waals surface area contributed by atoms with E-state index in [1.54, 1.807) is 32.3 Å². The van der Waals surface area contributed by atoms with Crippen LogP contribution in [0, 0.1) is 0 Å². The number of benzene rings is 2. The summed E-state index contributed by atoms with van der Waals surface area (Å²) in [5.41, 5.74) is 1.85. The summed E-state index contributed by atoms with van der Waals surface area (Å²) >= 11 is 0. The molecule has 2 aromatic rings. The molecule has 124 valence electrons. The number of rotatable bonds is 4. The Bertz CT molecular complexity index is 749. The molecule has 3 rings (SSSR count). The first-order chi connectivity index (χ1) is 11.5. The molecule has 4 heteroatoms. The average Bonchev–Trinajstić information content (AvgIpc) is 2.54. The summed E-state index contributed by atoms with van der Waals surface area (Å²) in [6.45, 7) is 0. The van der Waals surface area contributed by atoms with Gasteiger partial charge in [0.1, 0.15) is 0 Å². The fourth-order valence-electron chi connectivity index (χ4n) is 3.17. The van der Waals surface area contributed by atoms with Crippen molar-refractivity contribution in [2.45, 2.75) is 24.7 Å². The van der Waals surface area contributed by atoms with Gasteiger partial charge in [0.05, 0.1) is 5.41 Å². The van der Waals surface area contributed by atoms with E-state index >= 15 is 0 Å². The Balaban J connectivity index is 1.82. The molecule has 2 amide bonds. The normalized spacial score (nSPS) is 15.2. The number of hydrogen-bond acceptors (Lipinski definition) is 2.